The Morgan fingerprint density at radius 2 is 2.22 bits per heavy atom. The highest BCUT2D eigenvalue weighted by Gasteiger charge is 2.25. The molecule has 1 aliphatic carbocycles. The molecule has 98 valence electrons. The zero-order valence-electron chi connectivity index (χ0n) is 9.80. The van der Waals surface area contributed by atoms with Gasteiger partial charge in [-0.2, -0.15) is 0 Å². The van der Waals surface area contributed by atoms with Crippen molar-refractivity contribution in [1.82, 2.24) is 10.3 Å². The smallest absolute Gasteiger partial charge is 0.221 e. The van der Waals surface area contributed by atoms with E-state index in [4.69, 9.17) is 5.73 Å². The van der Waals surface area contributed by atoms with E-state index in [1.807, 2.05) is 0 Å². The fourth-order valence-electron chi connectivity index (χ4n) is 1.51. The van der Waals surface area contributed by atoms with Crippen LogP contribution in [0.25, 0.3) is 0 Å². The van der Waals surface area contributed by atoms with E-state index in [0.717, 1.165) is 12.8 Å². The number of carbonyl (C=O) groups excluding carboxylic acids is 1. The topological polar surface area (TPSA) is 102 Å². The van der Waals surface area contributed by atoms with E-state index < -0.39 is 9.84 Å². The maximum Gasteiger partial charge on any atom is 0.221 e. The van der Waals surface area contributed by atoms with Crippen molar-refractivity contribution in [2.45, 2.75) is 30.3 Å². The number of hydrogen-bond acceptors (Lipinski definition) is 5. The van der Waals surface area contributed by atoms with Crippen LogP contribution in [-0.2, 0) is 14.6 Å². The van der Waals surface area contributed by atoms with E-state index in [0.29, 0.717) is 0 Å². The molecule has 0 bridgehead atoms. The maximum absolute atomic E-state index is 11.9. The molecule has 1 aromatic rings. The molecule has 1 fully saturated rings. The number of nitrogen functional groups attached to an aromatic ring is 1. The fraction of sp³-hybridized carbons (Fsp3) is 0.455. The van der Waals surface area contributed by atoms with E-state index >= 15 is 0 Å². The van der Waals surface area contributed by atoms with Gasteiger partial charge in [-0.15, -0.1) is 0 Å². The number of nitrogens with two attached hydrogens (primary N) is 1. The Labute approximate surface area is 106 Å². The molecule has 1 aliphatic rings. The number of carbonyl (C=O) groups is 1. The molecule has 7 heteroatoms. The molecule has 18 heavy (non-hydrogen) atoms. The van der Waals surface area contributed by atoms with Crippen LogP contribution in [-0.4, -0.2) is 31.1 Å². The first kappa shape index (κ1) is 12.8. The summed E-state index contributed by atoms with van der Waals surface area (Å²) < 4.78 is 23.9. The number of sulfone groups is 1. The Bertz CT molecular complexity index is 552. The summed E-state index contributed by atoms with van der Waals surface area (Å²) in [5.74, 6) is -0.511. The Kier molecular flexibility index (Phi) is 3.51. The van der Waals surface area contributed by atoms with Crippen LogP contribution in [0.4, 0.5) is 5.69 Å². The average Bonchev–Trinajstić information content (AvgIpc) is 3.11. The van der Waals surface area contributed by atoms with Crippen molar-refractivity contribution in [2.75, 3.05) is 11.5 Å². The highest BCUT2D eigenvalue weighted by Crippen LogP contribution is 2.19. The van der Waals surface area contributed by atoms with Crippen LogP contribution in [0.3, 0.4) is 0 Å². The van der Waals surface area contributed by atoms with Gasteiger partial charge in [0, 0.05) is 18.7 Å². The van der Waals surface area contributed by atoms with Gasteiger partial charge in [0.2, 0.25) is 5.91 Å². The molecule has 0 aromatic carbocycles. The lowest BCUT2D eigenvalue weighted by Gasteiger charge is -2.06. The number of anilines is 1. The maximum atomic E-state index is 11.9. The van der Waals surface area contributed by atoms with Crippen LogP contribution in [0, 0.1) is 0 Å². The van der Waals surface area contributed by atoms with E-state index in [1.54, 1.807) is 6.07 Å². The molecule has 0 radical (unpaired) electrons. The summed E-state index contributed by atoms with van der Waals surface area (Å²) in [5, 5.41) is 2.59. The Balaban J connectivity index is 1.98. The van der Waals surface area contributed by atoms with Crippen LogP contribution in [0.2, 0.25) is 0 Å². The van der Waals surface area contributed by atoms with Gasteiger partial charge in [-0.05, 0) is 25.0 Å². The third kappa shape index (κ3) is 3.19. The molecule has 1 saturated carbocycles. The minimum Gasteiger partial charge on any atom is -0.396 e. The van der Waals surface area contributed by atoms with E-state index in [9.17, 15) is 13.2 Å². The fourth-order valence-corrected chi connectivity index (χ4v) is 2.81. The van der Waals surface area contributed by atoms with Crippen LogP contribution in [0.5, 0.6) is 0 Å². The Hall–Kier alpha value is -1.63. The van der Waals surface area contributed by atoms with Crippen LogP contribution in [0.15, 0.2) is 23.4 Å². The van der Waals surface area contributed by atoms with Gasteiger partial charge in [0.05, 0.1) is 11.4 Å². The first-order valence-corrected chi connectivity index (χ1v) is 7.37. The highest BCUT2D eigenvalue weighted by molar-refractivity contribution is 7.91. The molecule has 1 heterocycles. The van der Waals surface area contributed by atoms with Gasteiger partial charge in [0.1, 0.15) is 0 Å². The number of aromatic nitrogens is 1. The standard InChI is InChI=1S/C11H15N3O3S/c12-9-2-1-6-13-11(9)18(16,17)7-5-10(15)14-8-3-4-8/h1-2,6,8H,3-5,7,12H2,(H,14,15). The number of nitrogens with one attached hydrogen (secondary N) is 1. The number of hydrogen-bond donors (Lipinski definition) is 2. The van der Waals surface area contributed by atoms with Crippen LogP contribution in [0.1, 0.15) is 19.3 Å². The molecule has 0 unspecified atom stereocenters. The molecule has 0 atom stereocenters. The number of nitrogens with zero attached hydrogens (tertiary/aromatic N) is 1. The lowest BCUT2D eigenvalue weighted by molar-refractivity contribution is -0.120. The van der Waals surface area contributed by atoms with Crippen LogP contribution >= 0.6 is 0 Å². The Morgan fingerprint density at radius 1 is 1.50 bits per heavy atom. The second-order valence-corrected chi connectivity index (χ2v) is 6.33. The molecule has 6 nitrogen and oxygen atoms in total. The summed E-state index contributed by atoms with van der Waals surface area (Å²) >= 11 is 0. The molecule has 3 N–H and O–H groups in total. The predicted octanol–water partition coefficient (Wildman–Crippen LogP) is 0.106. The predicted molar refractivity (Wildman–Crippen MR) is 66.5 cm³/mol. The molecule has 0 spiro atoms. The van der Waals surface area contributed by atoms with E-state index in [2.05, 4.69) is 10.3 Å². The van der Waals surface area contributed by atoms with Crippen molar-refractivity contribution in [3.63, 3.8) is 0 Å². The lowest BCUT2D eigenvalue weighted by atomic mass is 10.4. The summed E-state index contributed by atoms with van der Waals surface area (Å²) in [6.07, 6.45) is 3.26. The average molecular weight is 269 g/mol. The number of pyridine rings is 1. The normalized spacial score (nSPS) is 15.3. The summed E-state index contributed by atoms with van der Waals surface area (Å²) in [4.78, 5) is 15.2. The lowest BCUT2D eigenvalue weighted by Crippen LogP contribution is -2.27. The largest absolute Gasteiger partial charge is 0.396 e. The summed E-state index contributed by atoms with van der Waals surface area (Å²) in [6, 6.07) is 3.28. The minimum absolute atomic E-state index is 0.0607. The second kappa shape index (κ2) is 4.93. The molecule has 0 aliphatic heterocycles. The number of rotatable bonds is 5. The van der Waals surface area contributed by atoms with E-state index in [1.165, 1.54) is 12.3 Å². The second-order valence-electron chi connectivity index (χ2n) is 4.31. The third-order valence-electron chi connectivity index (χ3n) is 2.64. The van der Waals surface area contributed by atoms with Gasteiger partial charge < -0.3 is 11.1 Å². The summed E-state index contributed by atoms with van der Waals surface area (Å²) in [6.45, 7) is 0. The SMILES string of the molecule is Nc1cccnc1S(=O)(=O)CCC(=O)NC1CC1. The van der Waals surface area contributed by atoms with Crippen molar-refractivity contribution in [3.05, 3.63) is 18.3 Å². The molecule has 2 rings (SSSR count). The first-order valence-electron chi connectivity index (χ1n) is 5.71. The van der Waals surface area contributed by atoms with Gasteiger partial charge in [0.15, 0.2) is 14.9 Å². The Morgan fingerprint density at radius 3 is 2.83 bits per heavy atom. The van der Waals surface area contributed by atoms with Gasteiger partial charge >= 0.3 is 0 Å². The van der Waals surface area contributed by atoms with Crippen molar-refractivity contribution in [1.29, 1.82) is 0 Å². The van der Waals surface area contributed by atoms with Crippen molar-refractivity contribution >= 4 is 21.4 Å². The van der Waals surface area contributed by atoms with E-state index in [-0.39, 0.29) is 34.8 Å². The van der Waals surface area contributed by atoms with Gasteiger partial charge in [0.25, 0.3) is 0 Å². The third-order valence-corrected chi connectivity index (χ3v) is 4.31. The monoisotopic (exact) mass is 269 g/mol. The van der Waals surface area contributed by atoms with Crippen molar-refractivity contribution < 1.29 is 13.2 Å². The molecule has 1 aromatic heterocycles. The first-order chi connectivity index (χ1) is 8.49. The van der Waals surface area contributed by atoms with Gasteiger partial charge in [-0.25, -0.2) is 13.4 Å². The van der Waals surface area contributed by atoms with Crippen molar-refractivity contribution in [3.8, 4) is 0 Å². The van der Waals surface area contributed by atoms with Crippen LogP contribution < -0.4 is 11.1 Å². The number of amides is 1. The summed E-state index contributed by atoms with van der Waals surface area (Å²) in [7, 11) is -3.60. The molecular formula is C11H15N3O3S. The summed E-state index contributed by atoms with van der Waals surface area (Å²) in [5.41, 5.74) is 5.67. The van der Waals surface area contributed by atoms with Gasteiger partial charge in [-0.1, -0.05) is 0 Å². The molecule has 0 saturated heterocycles. The zero-order chi connectivity index (χ0) is 13.2. The molecule has 1 amide bonds. The van der Waals surface area contributed by atoms with Gasteiger partial charge in [-0.3, -0.25) is 4.79 Å². The van der Waals surface area contributed by atoms with Crippen molar-refractivity contribution in [2.24, 2.45) is 0 Å². The minimum atomic E-state index is -3.60. The highest BCUT2D eigenvalue weighted by atomic mass is 32.2. The molecular weight excluding hydrogens is 254 g/mol. The quantitative estimate of drug-likeness (QED) is 0.789. The zero-order valence-corrected chi connectivity index (χ0v) is 10.6.